The molecule has 0 bridgehead atoms. The van der Waals surface area contributed by atoms with Crippen LogP contribution in [0.15, 0.2) is 18.2 Å². The lowest BCUT2D eigenvalue weighted by Crippen LogP contribution is -2.34. The summed E-state index contributed by atoms with van der Waals surface area (Å²) in [5.74, 6) is 0.588. The van der Waals surface area contributed by atoms with Crippen molar-refractivity contribution >= 4 is 6.16 Å². The topological polar surface area (TPSA) is 88.8 Å². The van der Waals surface area contributed by atoms with Gasteiger partial charge >= 0.3 is 12.8 Å². The van der Waals surface area contributed by atoms with E-state index in [4.69, 9.17) is 14.6 Å². The second kappa shape index (κ2) is 7.99. The molecule has 3 rings (SSSR count). The van der Waals surface area contributed by atoms with Gasteiger partial charge in [-0.1, -0.05) is 6.07 Å². The van der Waals surface area contributed by atoms with Crippen molar-refractivity contribution in [3.8, 4) is 17.6 Å². The van der Waals surface area contributed by atoms with Crippen molar-refractivity contribution in [3.05, 3.63) is 23.8 Å². The Bertz CT molecular complexity index is 721. The first-order valence-electron chi connectivity index (χ1n) is 8.95. The summed E-state index contributed by atoms with van der Waals surface area (Å²) in [5, 5.41) is 18.5. The third kappa shape index (κ3) is 4.79. The average molecular weight is 381 g/mol. The van der Waals surface area contributed by atoms with Crippen molar-refractivity contribution < 1.29 is 32.9 Å². The van der Waals surface area contributed by atoms with Gasteiger partial charge in [0.2, 0.25) is 0 Å². The van der Waals surface area contributed by atoms with Gasteiger partial charge in [0, 0.05) is 0 Å². The van der Waals surface area contributed by atoms with Gasteiger partial charge in [-0.3, -0.25) is 0 Å². The zero-order valence-electron chi connectivity index (χ0n) is 14.7. The third-order valence-corrected chi connectivity index (χ3v) is 5.15. The van der Waals surface area contributed by atoms with Gasteiger partial charge in [-0.05, 0) is 62.1 Å². The Labute approximate surface area is 155 Å². The first kappa shape index (κ1) is 19.2. The maximum absolute atomic E-state index is 12.7. The SMILES string of the molecule is N#C[C@]1(c2ccc(OC(F)F)c(OCC3CC3)c2)CC[C@H](OC(=O)O)CC1. The van der Waals surface area contributed by atoms with Crippen LogP contribution in [0.3, 0.4) is 0 Å². The van der Waals surface area contributed by atoms with E-state index in [9.17, 15) is 18.8 Å². The molecule has 2 aliphatic carbocycles. The van der Waals surface area contributed by atoms with Crippen LogP contribution in [0.25, 0.3) is 0 Å². The number of hydrogen-bond acceptors (Lipinski definition) is 5. The summed E-state index contributed by atoms with van der Waals surface area (Å²) in [6.45, 7) is -2.54. The Kier molecular flexibility index (Phi) is 5.68. The molecule has 0 aliphatic heterocycles. The van der Waals surface area contributed by atoms with Crippen LogP contribution >= 0.6 is 0 Å². The molecule has 0 heterocycles. The lowest BCUT2D eigenvalue weighted by atomic mass is 9.69. The van der Waals surface area contributed by atoms with E-state index in [1.165, 1.54) is 6.07 Å². The van der Waals surface area contributed by atoms with Crippen molar-refractivity contribution in [1.82, 2.24) is 0 Å². The molecule has 0 aromatic heterocycles. The molecule has 2 fully saturated rings. The molecular formula is C19H21F2NO5. The fourth-order valence-electron chi connectivity index (χ4n) is 3.41. The smallest absolute Gasteiger partial charge is 0.489 e. The van der Waals surface area contributed by atoms with Gasteiger partial charge in [0.15, 0.2) is 11.5 Å². The Hall–Kier alpha value is -2.56. The minimum Gasteiger partial charge on any atom is -0.489 e. The maximum Gasteiger partial charge on any atom is 0.506 e. The average Bonchev–Trinajstić information content (AvgIpc) is 3.45. The van der Waals surface area contributed by atoms with Crippen LogP contribution in [-0.2, 0) is 10.2 Å². The summed E-state index contributed by atoms with van der Waals surface area (Å²) in [6.07, 6.45) is 2.03. The Morgan fingerprint density at radius 2 is 1.96 bits per heavy atom. The van der Waals surface area contributed by atoms with E-state index in [-0.39, 0.29) is 11.5 Å². The zero-order valence-corrected chi connectivity index (χ0v) is 14.7. The first-order valence-corrected chi connectivity index (χ1v) is 8.95. The van der Waals surface area contributed by atoms with Crippen LogP contribution in [0.2, 0.25) is 0 Å². The summed E-state index contributed by atoms with van der Waals surface area (Å²) in [4.78, 5) is 10.7. The molecule has 0 saturated heterocycles. The number of nitrogens with zero attached hydrogens (tertiary/aromatic N) is 1. The molecule has 0 radical (unpaired) electrons. The molecule has 146 valence electrons. The molecule has 6 nitrogen and oxygen atoms in total. The van der Waals surface area contributed by atoms with Gasteiger partial charge < -0.3 is 19.3 Å². The van der Waals surface area contributed by atoms with Crippen molar-refractivity contribution in [2.45, 2.75) is 56.7 Å². The molecule has 27 heavy (non-hydrogen) atoms. The molecular weight excluding hydrogens is 360 g/mol. The lowest BCUT2D eigenvalue weighted by molar-refractivity contribution is -0.0515. The van der Waals surface area contributed by atoms with Gasteiger partial charge in [-0.15, -0.1) is 0 Å². The van der Waals surface area contributed by atoms with Crippen molar-refractivity contribution in [1.29, 1.82) is 5.26 Å². The highest BCUT2D eigenvalue weighted by molar-refractivity contribution is 5.57. The summed E-state index contributed by atoms with van der Waals surface area (Å²) in [5.41, 5.74) is -0.175. The highest BCUT2D eigenvalue weighted by Gasteiger charge is 2.39. The monoisotopic (exact) mass is 381 g/mol. The van der Waals surface area contributed by atoms with E-state index < -0.39 is 24.3 Å². The van der Waals surface area contributed by atoms with Gasteiger partial charge in [0.1, 0.15) is 6.10 Å². The van der Waals surface area contributed by atoms with Crippen molar-refractivity contribution in [3.63, 3.8) is 0 Å². The second-order valence-corrected chi connectivity index (χ2v) is 7.07. The number of nitriles is 1. The minimum atomic E-state index is -2.97. The molecule has 8 heteroatoms. The second-order valence-electron chi connectivity index (χ2n) is 7.07. The molecule has 2 saturated carbocycles. The van der Waals surface area contributed by atoms with E-state index in [2.05, 4.69) is 10.8 Å². The molecule has 1 aromatic rings. The largest absolute Gasteiger partial charge is 0.506 e. The Balaban J connectivity index is 1.80. The molecule has 1 aromatic carbocycles. The predicted octanol–water partition coefficient (Wildman–Crippen LogP) is 4.48. The van der Waals surface area contributed by atoms with Crippen LogP contribution in [0.5, 0.6) is 11.5 Å². The highest BCUT2D eigenvalue weighted by atomic mass is 19.3. The molecule has 0 spiro atoms. The molecule has 1 N–H and O–H groups in total. The van der Waals surface area contributed by atoms with Crippen LogP contribution in [0, 0.1) is 17.2 Å². The van der Waals surface area contributed by atoms with Gasteiger partial charge in [0.05, 0.1) is 18.1 Å². The summed E-state index contributed by atoms with van der Waals surface area (Å²) >= 11 is 0. The molecule has 0 unspecified atom stereocenters. The fourth-order valence-corrected chi connectivity index (χ4v) is 3.41. The van der Waals surface area contributed by atoms with Crippen LogP contribution in [0.4, 0.5) is 13.6 Å². The van der Waals surface area contributed by atoms with E-state index in [1.807, 2.05) is 0 Å². The number of rotatable bonds is 7. The summed E-state index contributed by atoms with van der Waals surface area (Å²) in [7, 11) is 0. The molecule has 2 aliphatic rings. The summed E-state index contributed by atoms with van der Waals surface area (Å²) < 4.78 is 40.4. The van der Waals surface area contributed by atoms with Crippen LogP contribution in [0.1, 0.15) is 44.1 Å². The molecule has 0 amide bonds. The number of alkyl halides is 2. The van der Waals surface area contributed by atoms with Crippen molar-refractivity contribution in [2.24, 2.45) is 5.92 Å². The zero-order chi connectivity index (χ0) is 19.4. The van der Waals surface area contributed by atoms with Crippen LogP contribution in [-0.4, -0.2) is 30.6 Å². The number of benzene rings is 1. The normalized spacial score (nSPS) is 24.9. The van der Waals surface area contributed by atoms with Gasteiger partial charge in [-0.2, -0.15) is 14.0 Å². The maximum atomic E-state index is 12.7. The number of carboxylic acid groups (broad SMARTS) is 1. The van der Waals surface area contributed by atoms with Crippen molar-refractivity contribution in [2.75, 3.05) is 6.61 Å². The fraction of sp³-hybridized carbons (Fsp3) is 0.579. The van der Waals surface area contributed by atoms with Gasteiger partial charge in [0.25, 0.3) is 0 Å². The standard InChI is InChI=1S/C19H21F2NO5/c20-17(21)27-15-4-3-13(9-16(15)25-10-12-1-2-12)19(11-22)7-5-14(6-8-19)26-18(23)24/h3-4,9,12,14,17H,1-2,5-8,10H2,(H,23,24)/t14-,19-. The Morgan fingerprint density at radius 1 is 1.26 bits per heavy atom. The number of halogens is 2. The van der Waals surface area contributed by atoms with E-state index >= 15 is 0 Å². The van der Waals surface area contributed by atoms with Crippen LogP contribution < -0.4 is 9.47 Å². The third-order valence-electron chi connectivity index (χ3n) is 5.15. The number of hydrogen-bond donors (Lipinski definition) is 1. The number of ether oxygens (including phenoxy) is 3. The number of carbonyl (C=O) groups is 1. The Morgan fingerprint density at radius 3 is 2.52 bits per heavy atom. The van der Waals surface area contributed by atoms with E-state index in [0.29, 0.717) is 43.8 Å². The van der Waals surface area contributed by atoms with Gasteiger partial charge in [-0.25, -0.2) is 4.79 Å². The highest BCUT2D eigenvalue weighted by Crippen LogP contribution is 2.43. The van der Waals surface area contributed by atoms with E-state index in [0.717, 1.165) is 12.8 Å². The predicted molar refractivity (Wildman–Crippen MR) is 89.9 cm³/mol. The first-order chi connectivity index (χ1) is 12.9. The summed E-state index contributed by atoms with van der Waals surface area (Å²) in [6, 6.07) is 6.93. The lowest BCUT2D eigenvalue weighted by Gasteiger charge is -2.34. The van der Waals surface area contributed by atoms with E-state index in [1.54, 1.807) is 12.1 Å². The minimum absolute atomic E-state index is 0.0506. The quantitative estimate of drug-likeness (QED) is 0.701. The molecule has 0 atom stereocenters.